The van der Waals surface area contributed by atoms with Gasteiger partial charge in [0.25, 0.3) is 5.91 Å². The second-order valence-electron chi connectivity index (χ2n) is 9.30. The highest BCUT2D eigenvalue weighted by molar-refractivity contribution is 6.04. The SMILES string of the molecule is CCNC(=O)C1c2ccccc2CN1C(=O)c1cc2c(CC3=NC(C)(C)CO3)n[nH]c2cc1O. The van der Waals surface area contributed by atoms with Crippen LogP contribution in [0.25, 0.3) is 10.9 Å². The van der Waals surface area contributed by atoms with Crippen molar-refractivity contribution in [3.05, 3.63) is 58.8 Å². The van der Waals surface area contributed by atoms with Crippen molar-refractivity contribution >= 4 is 28.6 Å². The number of aliphatic imine (C=N–C) groups is 1. The second kappa shape index (κ2) is 8.16. The third-order valence-corrected chi connectivity index (χ3v) is 6.19. The maximum atomic E-state index is 13.7. The number of benzene rings is 2. The number of nitrogens with zero attached hydrogens (tertiary/aromatic N) is 3. The summed E-state index contributed by atoms with van der Waals surface area (Å²) in [6, 6.07) is 9.88. The Kier molecular flexibility index (Phi) is 5.27. The number of aromatic nitrogens is 2. The lowest BCUT2D eigenvalue weighted by molar-refractivity contribution is -0.125. The van der Waals surface area contributed by atoms with E-state index in [0.29, 0.717) is 42.1 Å². The molecule has 176 valence electrons. The van der Waals surface area contributed by atoms with Gasteiger partial charge in [-0.1, -0.05) is 24.3 Å². The molecule has 3 aromatic rings. The van der Waals surface area contributed by atoms with Crippen LogP contribution in [0, 0.1) is 0 Å². The van der Waals surface area contributed by atoms with Crippen LogP contribution in [0.1, 0.15) is 54.0 Å². The Bertz CT molecular complexity index is 1330. The maximum absolute atomic E-state index is 13.7. The zero-order valence-electron chi connectivity index (χ0n) is 19.4. The van der Waals surface area contributed by atoms with E-state index in [4.69, 9.17) is 4.74 Å². The molecule has 1 aromatic heterocycles. The minimum absolute atomic E-state index is 0.117. The van der Waals surface area contributed by atoms with Crippen LogP contribution in [0.2, 0.25) is 0 Å². The number of nitrogens with one attached hydrogen (secondary N) is 2. The number of ether oxygens (including phenoxy) is 1. The molecule has 0 spiro atoms. The predicted octanol–water partition coefficient (Wildman–Crippen LogP) is 2.85. The van der Waals surface area contributed by atoms with Crippen LogP contribution >= 0.6 is 0 Å². The van der Waals surface area contributed by atoms with Crippen LogP contribution in [-0.2, 0) is 22.5 Å². The molecule has 1 atom stereocenters. The van der Waals surface area contributed by atoms with Gasteiger partial charge in [0, 0.05) is 24.5 Å². The molecule has 34 heavy (non-hydrogen) atoms. The number of hydrogen-bond donors (Lipinski definition) is 3. The molecule has 2 aliphatic rings. The Hall–Kier alpha value is -3.88. The molecule has 0 bridgehead atoms. The van der Waals surface area contributed by atoms with Crippen molar-refractivity contribution in [2.24, 2.45) is 4.99 Å². The van der Waals surface area contributed by atoms with Gasteiger partial charge in [0.15, 0.2) is 5.90 Å². The molecule has 3 heterocycles. The van der Waals surface area contributed by atoms with E-state index in [1.807, 2.05) is 45.0 Å². The number of aromatic amines is 1. The normalized spacial score (nSPS) is 18.5. The zero-order valence-corrected chi connectivity index (χ0v) is 19.4. The summed E-state index contributed by atoms with van der Waals surface area (Å²) in [4.78, 5) is 32.7. The topological polar surface area (TPSA) is 120 Å². The third kappa shape index (κ3) is 3.76. The number of amides is 2. The Morgan fingerprint density at radius 1 is 1.29 bits per heavy atom. The molecule has 1 unspecified atom stereocenters. The van der Waals surface area contributed by atoms with Crippen molar-refractivity contribution in [2.75, 3.05) is 13.2 Å². The van der Waals surface area contributed by atoms with E-state index in [1.165, 1.54) is 11.0 Å². The van der Waals surface area contributed by atoms with Crippen LogP contribution < -0.4 is 5.32 Å². The first-order valence-corrected chi connectivity index (χ1v) is 11.4. The standard InChI is InChI=1S/C25H27N5O4/c1-4-26-23(32)22-15-8-6-5-7-14(15)12-30(22)24(33)17-9-16-18(10-20(17)31)28-29-19(16)11-21-27-25(2,3)13-34-21/h5-10,22,31H,4,11-13H2,1-3H3,(H,26,32)(H,28,29). The van der Waals surface area contributed by atoms with Gasteiger partial charge in [-0.3, -0.25) is 14.7 Å². The fraction of sp³-hybridized carbons (Fsp3) is 0.360. The molecule has 3 N–H and O–H groups in total. The molecule has 9 heteroatoms. The average molecular weight is 462 g/mol. The molecular formula is C25H27N5O4. The molecule has 0 saturated heterocycles. The Labute approximate surface area is 196 Å². The quantitative estimate of drug-likeness (QED) is 0.540. The fourth-order valence-electron chi connectivity index (χ4n) is 4.59. The van der Waals surface area contributed by atoms with E-state index in [1.54, 1.807) is 6.07 Å². The van der Waals surface area contributed by atoms with Gasteiger partial charge in [-0.2, -0.15) is 5.10 Å². The van der Waals surface area contributed by atoms with E-state index in [9.17, 15) is 14.7 Å². The number of carbonyl (C=O) groups excluding carboxylic acids is 2. The van der Waals surface area contributed by atoms with Gasteiger partial charge in [-0.05, 0) is 38.0 Å². The molecule has 0 aliphatic carbocycles. The van der Waals surface area contributed by atoms with E-state index >= 15 is 0 Å². The first-order valence-electron chi connectivity index (χ1n) is 11.4. The van der Waals surface area contributed by atoms with E-state index in [0.717, 1.165) is 11.1 Å². The number of aromatic hydroxyl groups is 1. The molecule has 0 saturated carbocycles. The summed E-state index contributed by atoms with van der Waals surface area (Å²) in [6.07, 6.45) is 0.374. The Morgan fingerprint density at radius 2 is 2.09 bits per heavy atom. The van der Waals surface area contributed by atoms with Crippen LogP contribution in [-0.4, -0.2) is 56.6 Å². The maximum Gasteiger partial charge on any atom is 0.258 e. The summed E-state index contributed by atoms with van der Waals surface area (Å²) < 4.78 is 5.70. The van der Waals surface area contributed by atoms with Crippen LogP contribution in [0.15, 0.2) is 41.4 Å². The first kappa shape index (κ1) is 21.9. The fourth-order valence-corrected chi connectivity index (χ4v) is 4.59. The summed E-state index contributed by atoms with van der Waals surface area (Å²) >= 11 is 0. The largest absolute Gasteiger partial charge is 0.507 e. The van der Waals surface area contributed by atoms with Gasteiger partial charge in [0.05, 0.1) is 28.7 Å². The minimum Gasteiger partial charge on any atom is -0.507 e. The minimum atomic E-state index is -0.758. The molecule has 9 nitrogen and oxygen atoms in total. The summed E-state index contributed by atoms with van der Waals surface area (Å²) in [7, 11) is 0. The summed E-state index contributed by atoms with van der Waals surface area (Å²) in [5.74, 6) is -0.251. The molecular weight excluding hydrogens is 434 g/mol. The van der Waals surface area contributed by atoms with Crippen molar-refractivity contribution in [2.45, 2.75) is 45.3 Å². The van der Waals surface area contributed by atoms with Gasteiger partial charge in [-0.15, -0.1) is 0 Å². The van der Waals surface area contributed by atoms with Gasteiger partial charge < -0.3 is 20.1 Å². The van der Waals surface area contributed by atoms with Crippen molar-refractivity contribution in [1.82, 2.24) is 20.4 Å². The van der Waals surface area contributed by atoms with Gasteiger partial charge in [-0.25, -0.2) is 4.99 Å². The number of phenols is 1. The van der Waals surface area contributed by atoms with E-state index < -0.39 is 11.9 Å². The number of fused-ring (bicyclic) bond motifs is 2. The van der Waals surface area contributed by atoms with Crippen LogP contribution in [0.5, 0.6) is 5.75 Å². The second-order valence-corrected chi connectivity index (χ2v) is 9.30. The lowest BCUT2D eigenvalue weighted by atomic mass is 10.0. The molecule has 2 aliphatic heterocycles. The summed E-state index contributed by atoms with van der Waals surface area (Å²) in [5, 5.41) is 21.5. The molecule has 5 rings (SSSR count). The van der Waals surface area contributed by atoms with Gasteiger partial charge in [0.1, 0.15) is 18.4 Å². The van der Waals surface area contributed by atoms with Crippen molar-refractivity contribution in [3.8, 4) is 5.75 Å². The molecule has 0 radical (unpaired) electrons. The van der Waals surface area contributed by atoms with Gasteiger partial charge >= 0.3 is 0 Å². The van der Waals surface area contributed by atoms with Crippen molar-refractivity contribution in [3.63, 3.8) is 0 Å². The predicted molar refractivity (Wildman–Crippen MR) is 127 cm³/mol. The van der Waals surface area contributed by atoms with Gasteiger partial charge in [0.2, 0.25) is 5.91 Å². The number of H-pyrrole nitrogens is 1. The monoisotopic (exact) mass is 461 g/mol. The molecule has 2 aromatic carbocycles. The summed E-state index contributed by atoms with van der Waals surface area (Å²) in [6.45, 7) is 7.08. The highest BCUT2D eigenvalue weighted by Crippen LogP contribution is 2.37. The third-order valence-electron chi connectivity index (χ3n) is 6.19. The average Bonchev–Trinajstić information content (AvgIpc) is 3.47. The number of phenolic OH excluding ortho intramolecular Hbond substituents is 1. The molecule has 0 fully saturated rings. The zero-order chi connectivity index (χ0) is 24.0. The van der Waals surface area contributed by atoms with Crippen molar-refractivity contribution in [1.29, 1.82) is 0 Å². The lowest BCUT2D eigenvalue weighted by Crippen LogP contribution is -2.39. The molecule has 2 amide bonds. The summed E-state index contributed by atoms with van der Waals surface area (Å²) in [5.41, 5.74) is 2.82. The smallest absolute Gasteiger partial charge is 0.258 e. The highest BCUT2D eigenvalue weighted by atomic mass is 16.5. The highest BCUT2D eigenvalue weighted by Gasteiger charge is 2.39. The number of rotatable bonds is 5. The van der Waals surface area contributed by atoms with E-state index in [-0.39, 0.29) is 29.3 Å². The first-order chi connectivity index (χ1) is 16.3. The van der Waals surface area contributed by atoms with Crippen molar-refractivity contribution < 1.29 is 19.4 Å². The van der Waals surface area contributed by atoms with Crippen LogP contribution in [0.3, 0.4) is 0 Å². The van der Waals surface area contributed by atoms with Crippen LogP contribution in [0.4, 0.5) is 0 Å². The Balaban J connectivity index is 1.50. The Morgan fingerprint density at radius 3 is 2.82 bits per heavy atom. The number of hydrogen-bond acceptors (Lipinski definition) is 6. The number of likely N-dealkylation sites (N-methyl/N-ethyl adjacent to an activating group) is 1. The number of carbonyl (C=O) groups is 2. The van der Waals surface area contributed by atoms with E-state index in [2.05, 4.69) is 20.5 Å². The lowest BCUT2D eigenvalue weighted by Gasteiger charge is -2.25.